The summed E-state index contributed by atoms with van der Waals surface area (Å²) >= 11 is 0. The van der Waals surface area contributed by atoms with E-state index in [0.29, 0.717) is 13.1 Å². The third kappa shape index (κ3) is 4.96. The van der Waals surface area contributed by atoms with E-state index in [1.807, 2.05) is 18.2 Å². The van der Waals surface area contributed by atoms with Gasteiger partial charge in [0.2, 0.25) is 0 Å². The number of rotatable bonds is 4. The number of hydrogen-bond acceptors (Lipinski definition) is 3. The second-order valence-electron chi connectivity index (χ2n) is 4.72. The highest BCUT2D eigenvalue weighted by atomic mass is 127. The summed E-state index contributed by atoms with van der Waals surface area (Å²) in [5.74, 6) is 0.107. The maximum absolute atomic E-state index is 9.76. The van der Waals surface area contributed by atoms with E-state index in [9.17, 15) is 5.11 Å². The lowest BCUT2D eigenvalue weighted by molar-refractivity contribution is 0.173. The average Bonchev–Trinajstić information content (AvgIpc) is 2.68. The molecule has 2 rings (SSSR count). The van der Waals surface area contributed by atoms with Crippen molar-refractivity contribution >= 4 is 29.9 Å². The minimum Gasteiger partial charge on any atom is -0.392 e. The SMILES string of the molecule is I.NC(N)=NCC1CC(O)CN1Cc1ccccc1. The lowest BCUT2D eigenvalue weighted by Gasteiger charge is -2.22. The molecule has 2 atom stereocenters. The highest BCUT2D eigenvalue weighted by molar-refractivity contribution is 14.0. The number of hydrogen-bond donors (Lipinski definition) is 3. The molecule has 1 aromatic carbocycles. The Morgan fingerprint density at radius 3 is 2.63 bits per heavy atom. The van der Waals surface area contributed by atoms with Crippen molar-refractivity contribution in [3.8, 4) is 0 Å². The molecule has 6 heteroatoms. The van der Waals surface area contributed by atoms with Gasteiger partial charge in [-0.2, -0.15) is 0 Å². The number of nitrogens with zero attached hydrogens (tertiary/aromatic N) is 2. The number of benzene rings is 1. The van der Waals surface area contributed by atoms with Crippen molar-refractivity contribution < 1.29 is 5.11 Å². The fourth-order valence-corrected chi connectivity index (χ4v) is 2.37. The molecule has 1 heterocycles. The van der Waals surface area contributed by atoms with Crippen LogP contribution in [0.25, 0.3) is 0 Å². The van der Waals surface area contributed by atoms with Crippen LogP contribution < -0.4 is 11.5 Å². The largest absolute Gasteiger partial charge is 0.392 e. The molecule has 1 aromatic rings. The normalized spacial score (nSPS) is 22.8. The first-order valence-corrected chi connectivity index (χ1v) is 6.16. The van der Waals surface area contributed by atoms with Gasteiger partial charge in [-0.25, -0.2) is 0 Å². The lowest BCUT2D eigenvalue weighted by Crippen LogP contribution is -2.33. The number of aliphatic imine (C=N–C) groups is 1. The second-order valence-corrected chi connectivity index (χ2v) is 4.72. The van der Waals surface area contributed by atoms with E-state index < -0.39 is 0 Å². The van der Waals surface area contributed by atoms with E-state index >= 15 is 0 Å². The van der Waals surface area contributed by atoms with Crippen LogP contribution in [0.4, 0.5) is 0 Å². The van der Waals surface area contributed by atoms with Gasteiger partial charge in [-0.3, -0.25) is 9.89 Å². The molecule has 0 amide bonds. The number of aliphatic hydroxyl groups excluding tert-OH is 1. The van der Waals surface area contributed by atoms with Crippen molar-refractivity contribution in [2.24, 2.45) is 16.5 Å². The molecule has 0 bridgehead atoms. The average molecular weight is 376 g/mol. The van der Waals surface area contributed by atoms with E-state index in [0.717, 1.165) is 13.0 Å². The maximum Gasteiger partial charge on any atom is 0.185 e. The van der Waals surface area contributed by atoms with Crippen LogP contribution >= 0.6 is 24.0 Å². The first-order chi connectivity index (χ1) is 8.65. The molecule has 0 radical (unpaired) electrons. The summed E-state index contributed by atoms with van der Waals surface area (Å²) in [4.78, 5) is 6.28. The van der Waals surface area contributed by atoms with Gasteiger partial charge < -0.3 is 16.6 Å². The minimum absolute atomic E-state index is 0. The Kier molecular flexibility index (Phi) is 6.53. The summed E-state index contributed by atoms with van der Waals surface area (Å²) in [7, 11) is 0. The molecule has 1 saturated heterocycles. The van der Waals surface area contributed by atoms with E-state index in [1.165, 1.54) is 5.56 Å². The van der Waals surface area contributed by atoms with Crippen LogP contribution in [0, 0.1) is 0 Å². The van der Waals surface area contributed by atoms with Crippen LogP contribution in [0.5, 0.6) is 0 Å². The predicted molar refractivity (Wildman–Crippen MR) is 87.4 cm³/mol. The Labute approximate surface area is 130 Å². The summed E-state index contributed by atoms with van der Waals surface area (Å²) in [6.07, 6.45) is 0.441. The number of likely N-dealkylation sites (tertiary alicyclic amines) is 1. The summed E-state index contributed by atoms with van der Waals surface area (Å²) in [5, 5.41) is 9.76. The van der Waals surface area contributed by atoms with E-state index in [4.69, 9.17) is 11.5 Å². The first kappa shape index (κ1) is 16.2. The van der Waals surface area contributed by atoms with E-state index in [1.54, 1.807) is 0 Å². The number of nitrogens with two attached hydrogens (primary N) is 2. The molecule has 0 saturated carbocycles. The van der Waals surface area contributed by atoms with Crippen LogP contribution in [-0.2, 0) is 6.54 Å². The van der Waals surface area contributed by atoms with Crippen LogP contribution in [0.15, 0.2) is 35.3 Å². The second kappa shape index (κ2) is 7.66. The van der Waals surface area contributed by atoms with Gasteiger partial charge in [-0.05, 0) is 12.0 Å². The minimum atomic E-state index is -0.284. The molecule has 0 aromatic heterocycles. The number of aliphatic hydroxyl groups is 1. The molecule has 5 nitrogen and oxygen atoms in total. The highest BCUT2D eigenvalue weighted by Crippen LogP contribution is 2.20. The molecule has 19 heavy (non-hydrogen) atoms. The van der Waals surface area contributed by atoms with Gasteiger partial charge in [0.25, 0.3) is 0 Å². The molecule has 1 fully saturated rings. The highest BCUT2D eigenvalue weighted by Gasteiger charge is 2.30. The van der Waals surface area contributed by atoms with Gasteiger partial charge >= 0.3 is 0 Å². The Hall–Kier alpha value is -0.860. The third-order valence-electron chi connectivity index (χ3n) is 3.22. The van der Waals surface area contributed by atoms with Crippen molar-refractivity contribution in [3.63, 3.8) is 0 Å². The van der Waals surface area contributed by atoms with Gasteiger partial charge in [-0.1, -0.05) is 30.3 Å². The summed E-state index contributed by atoms with van der Waals surface area (Å²) in [5.41, 5.74) is 11.9. The Bertz CT molecular complexity index is 408. The lowest BCUT2D eigenvalue weighted by atomic mass is 10.2. The molecule has 1 aliphatic heterocycles. The van der Waals surface area contributed by atoms with Crippen molar-refractivity contribution in [3.05, 3.63) is 35.9 Å². The monoisotopic (exact) mass is 376 g/mol. The molecule has 5 N–H and O–H groups in total. The van der Waals surface area contributed by atoms with Gasteiger partial charge in [0.05, 0.1) is 12.6 Å². The maximum atomic E-state index is 9.76. The quantitative estimate of drug-likeness (QED) is 0.406. The van der Waals surface area contributed by atoms with Gasteiger partial charge in [-0.15, -0.1) is 24.0 Å². The van der Waals surface area contributed by atoms with E-state index in [2.05, 4.69) is 22.0 Å². The summed E-state index contributed by atoms with van der Waals surface area (Å²) in [6.45, 7) is 2.05. The van der Waals surface area contributed by atoms with Crippen LogP contribution in [-0.4, -0.2) is 41.2 Å². The zero-order valence-corrected chi connectivity index (χ0v) is 13.1. The zero-order valence-electron chi connectivity index (χ0n) is 10.8. The van der Waals surface area contributed by atoms with Crippen LogP contribution in [0.1, 0.15) is 12.0 Å². The van der Waals surface area contributed by atoms with Crippen molar-refractivity contribution in [2.45, 2.75) is 25.1 Å². The van der Waals surface area contributed by atoms with E-state index in [-0.39, 0.29) is 42.1 Å². The number of halogens is 1. The standard InChI is InChI=1S/C13H20N4O.HI/c14-13(15)16-7-11-6-12(18)9-17(11)8-10-4-2-1-3-5-10;/h1-5,11-12,18H,6-9H2,(H4,14,15,16);1H. The molecule has 2 unspecified atom stereocenters. The van der Waals surface area contributed by atoms with Crippen LogP contribution in [0.3, 0.4) is 0 Å². The van der Waals surface area contributed by atoms with Gasteiger partial charge in [0.1, 0.15) is 0 Å². The van der Waals surface area contributed by atoms with Crippen molar-refractivity contribution in [2.75, 3.05) is 13.1 Å². The summed E-state index contributed by atoms with van der Waals surface area (Å²) in [6, 6.07) is 10.4. The number of guanidine groups is 1. The van der Waals surface area contributed by atoms with Gasteiger partial charge in [0.15, 0.2) is 5.96 Å². The van der Waals surface area contributed by atoms with Gasteiger partial charge in [0, 0.05) is 19.1 Å². The fraction of sp³-hybridized carbons (Fsp3) is 0.462. The Morgan fingerprint density at radius 2 is 2.00 bits per heavy atom. The molecule has 106 valence electrons. The first-order valence-electron chi connectivity index (χ1n) is 6.16. The third-order valence-corrected chi connectivity index (χ3v) is 3.22. The molecule has 1 aliphatic rings. The Balaban J connectivity index is 0.00000180. The van der Waals surface area contributed by atoms with Crippen molar-refractivity contribution in [1.82, 2.24) is 4.90 Å². The molecular formula is C13H21IN4O. The van der Waals surface area contributed by atoms with Crippen LogP contribution in [0.2, 0.25) is 0 Å². The molecular weight excluding hydrogens is 355 g/mol. The topological polar surface area (TPSA) is 87.9 Å². The summed E-state index contributed by atoms with van der Waals surface area (Å²) < 4.78 is 0. The Morgan fingerprint density at radius 1 is 1.32 bits per heavy atom. The van der Waals surface area contributed by atoms with Crippen molar-refractivity contribution in [1.29, 1.82) is 0 Å². The zero-order chi connectivity index (χ0) is 13.0. The fourth-order valence-electron chi connectivity index (χ4n) is 2.37. The predicted octanol–water partition coefficient (Wildman–Crippen LogP) is 0.513. The number of β-amino-alcohol motifs (C(OH)–C–C–N with tert-alkyl or cyclic N) is 1. The molecule has 0 spiro atoms. The molecule has 0 aliphatic carbocycles. The smallest absolute Gasteiger partial charge is 0.185 e.